The third kappa shape index (κ3) is 6.55. The Balaban J connectivity index is 1.72. The van der Waals surface area contributed by atoms with Gasteiger partial charge in [-0.1, -0.05) is 56.3 Å². The molecule has 1 amide bonds. The van der Waals surface area contributed by atoms with Gasteiger partial charge in [-0.25, -0.2) is 0 Å². The number of anilines is 1. The Hall–Kier alpha value is -2.40. The van der Waals surface area contributed by atoms with Gasteiger partial charge in [0.2, 0.25) is 5.91 Å². The molecule has 0 unspecified atom stereocenters. The zero-order valence-corrected chi connectivity index (χ0v) is 15.5. The molecule has 25 heavy (non-hydrogen) atoms. The molecule has 2 aromatic carbocycles. The van der Waals surface area contributed by atoms with Crippen LogP contribution in [0.2, 0.25) is 0 Å². The van der Waals surface area contributed by atoms with E-state index in [1.165, 1.54) is 5.56 Å². The zero-order chi connectivity index (χ0) is 18.1. The predicted molar refractivity (Wildman–Crippen MR) is 107 cm³/mol. The Labute approximate surface area is 155 Å². The lowest BCUT2D eigenvalue weighted by atomic mass is 9.99. The number of carbonyl (C=O) groups is 1. The Morgan fingerprint density at radius 3 is 2.36 bits per heavy atom. The average molecular weight is 356 g/mol. The number of benzene rings is 2. The average Bonchev–Trinajstić information content (AvgIpc) is 2.65. The summed E-state index contributed by atoms with van der Waals surface area (Å²) in [6.45, 7) is 4.38. The number of thiocarbonyl (C=S) groups is 1. The number of hydrogen-bond donors (Lipinski definition) is 3. The molecular weight excluding hydrogens is 330 g/mol. The minimum Gasteiger partial charge on any atom is -0.331 e. The fourth-order valence-corrected chi connectivity index (χ4v) is 2.55. The molecule has 2 rings (SSSR count). The lowest BCUT2D eigenvalue weighted by Gasteiger charge is -2.13. The highest BCUT2D eigenvalue weighted by molar-refractivity contribution is 7.80. The van der Waals surface area contributed by atoms with E-state index in [0.29, 0.717) is 23.9 Å². The van der Waals surface area contributed by atoms with Crippen molar-refractivity contribution in [2.24, 2.45) is 0 Å². The molecule has 5 heteroatoms. The number of amides is 1. The van der Waals surface area contributed by atoms with Gasteiger partial charge in [-0.3, -0.25) is 15.6 Å². The minimum atomic E-state index is -0.0971. The van der Waals surface area contributed by atoms with Gasteiger partial charge in [0.1, 0.15) is 0 Å². The van der Waals surface area contributed by atoms with Gasteiger partial charge < -0.3 is 5.32 Å². The molecule has 0 heterocycles. The van der Waals surface area contributed by atoms with Crippen LogP contribution in [0, 0.1) is 0 Å². The summed E-state index contributed by atoms with van der Waals surface area (Å²) in [5, 5.41) is 3.43. The second kappa shape index (κ2) is 9.79. The van der Waals surface area contributed by atoms with Gasteiger partial charge in [0, 0.05) is 12.1 Å². The maximum Gasteiger partial charge on any atom is 0.238 e. The molecule has 0 aliphatic heterocycles. The monoisotopic (exact) mass is 355 g/mol. The summed E-state index contributed by atoms with van der Waals surface area (Å²) in [6.07, 6.45) is 2.22. The topological polar surface area (TPSA) is 53.2 Å². The van der Waals surface area contributed by atoms with Crippen LogP contribution in [0.25, 0.3) is 0 Å². The van der Waals surface area contributed by atoms with Crippen LogP contribution in [0.3, 0.4) is 0 Å². The molecule has 0 aliphatic rings. The van der Waals surface area contributed by atoms with Crippen LogP contribution in [0.5, 0.6) is 0 Å². The number of hydrazine groups is 1. The second-order valence-electron chi connectivity index (χ2n) is 6.04. The smallest absolute Gasteiger partial charge is 0.238 e. The van der Waals surface area contributed by atoms with Crippen molar-refractivity contribution in [2.75, 3.05) is 5.32 Å². The van der Waals surface area contributed by atoms with Gasteiger partial charge in [0.15, 0.2) is 5.11 Å². The molecule has 4 nitrogen and oxygen atoms in total. The van der Waals surface area contributed by atoms with Crippen LogP contribution >= 0.6 is 12.2 Å². The molecule has 132 valence electrons. The molecule has 0 saturated carbocycles. The molecule has 1 atom stereocenters. The summed E-state index contributed by atoms with van der Waals surface area (Å²) in [7, 11) is 0. The third-order valence-corrected chi connectivity index (χ3v) is 4.35. The first-order valence-electron chi connectivity index (χ1n) is 8.58. The van der Waals surface area contributed by atoms with Crippen LogP contribution in [0.1, 0.15) is 43.7 Å². The van der Waals surface area contributed by atoms with Gasteiger partial charge in [0.25, 0.3) is 0 Å². The first-order valence-corrected chi connectivity index (χ1v) is 8.99. The van der Waals surface area contributed by atoms with Crippen LogP contribution in [-0.4, -0.2) is 11.0 Å². The van der Waals surface area contributed by atoms with Crippen molar-refractivity contribution in [3.05, 3.63) is 65.7 Å². The van der Waals surface area contributed by atoms with E-state index in [9.17, 15) is 4.79 Å². The summed E-state index contributed by atoms with van der Waals surface area (Å²) in [5.41, 5.74) is 8.69. The van der Waals surface area contributed by atoms with E-state index in [1.807, 2.05) is 42.5 Å². The summed E-state index contributed by atoms with van der Waals surface area (Å²) in [4.78, 5) is 11.9. The Morgan fingerprint density at radius 1 is 1.04 bits per heavy atom. The first kappa shape index (κ1) is 18.9. The van der Waals surface area contributed by atoms with E-state index in [0.717, 1.165) is 17.7 Å². The Morgan fingerprint density at radius 2 is 1.72 bits per heavy atom. The SMILES string of the molecule is CC[C@H](C)c1ccc(NC(=S)NNC(=O)CCc2ccccc2)cc1. The first-order chi connectivity index (χ1) is 12.1. The number of rotatable bonds is 6. The van der Waals surface area contributed by atoms with E-state index in [-0.39, 0.29) is 5.91 Å². The number of carbonyl (C=O) groups excluding carboxylic acids is 1. The van der Waals surface area contributed by atoms with Crippen molar-refractivity contribution in [1.29, 1.82) is 0 Å². The lowest BCUT2D eigenvalue weighted by Crippen LogP contribution is -2.43. The van der Waals surface area contributed by atoms with E-state index < -0.39 is 0 Å². The molecule has 0 aromatic heterocycles. The molecule has 0 bridgehead atoms. The van der Waals surface area contributed by atoms with E-state index in [2.05, 4.69) is 42.1 Å². The quantitative estimate of drug-likeness (QED) is 0.538. The van der Waals surface area contributed by atoms with E-state index in [4.69, 9.17) is 12.2 Å². The number of hydrogen-bond acceptors (Lipinski definition) is 2. The van der Waals surface area contributed by atoms with Crippen LogP contribution in [0.15, 0.2) is 54.6 Å². The largest absolute Gasteiger partial charge is 0.331 e. The molecule has 0 aliphatic carbocycles. The molecule has 0 fully saturated rings. The van der Waals surface area contributed by atoms with Crippen LogP contribution < -0.4 is 16.2 Å². The zero-order valence-electron chi connectivity index (χ0n) is 14.7. The number of nitrogens with one attached hydrogen (secondary N) is 3. The summed E-state index contributed by atoms with van der Waals surface area (Å²) >= 11 is 5.20. The molecule has 0 radical (unpaired) electrons. The normalized spacial score (nSPS) is 11.4. The van der Waals surface area contributed by atoms with Crippen molar-refractivity contribution < 1.29 is 4.79 Å². The van der Waals surface area contributed by atoms with E-state index in [1.54, 1.807) is 0 Å². The molecule has 0 spiro atoms. The highest BCUT2D eigenvalue weighted by Gasteiger charge is 2.05. The maximum atomic E-state index is 11.9. The summed E-state index contributed by atoms with van der Waals surface area (Å²) in [5.74, 6) is 0.447. The molecule has 2 aromatic rings. The van der Waals surface area contributed by atoms with Crippen molar-refractivity contribution in [3.8, 4) is 0 Å². The van der Waals surface area contributed by atoms with E-state index >= 15 is 0 Å². The molecule has 3 N–H and O–H groups in total. The van der Waals surface area contributed by atoms with Gasteiger partial charge in [-0.05, 0) is 54.2 Å². The number of aryl methyl sites for hydroxylation is 1. The minimum absolute atomic E-state index is 0.0971. The van der Waals surface area contributed by atoms with Gasteiger partial charge in [-0.2, -0.15) is 0 Å². The third-order valence-electron chi connectivity index (χ3n) is 4.15. The highest BCUT2D eigenvalue weighted by atomic mass is 32.1. The Kier molecular flexibility index (Phi) is 7.41. The summed E-state index contributed by atoms with van der Waals surface area (Å²) in [6, 6.07) is 18.1. The standard InChI is InChI=1S/C20H25N3OS/c1-3-15(2)17-10-12-18(13-11-17)21-20(25)23-22-19(24)14-9-16-7-5-4-6-8-16/h4-8,10-13,15H,3,9,14H2,1-2H3,(H,22,24)(H2,21,23,25)/t15-/m0/s1. The van der Waals surface area contributed by atoms with Crippen molar-refractivity contribution >= 4 is 28.9 Å². The van der Waals surface area contributed by atoms with Gasteiger partial charge in [-0.15, -0.1) is 0 Å². The highest BCUT2D eigenvalue weighted by Crippen LogP contribution is 2.20. The van der Waals surface area contributed by atoms with Crippen molar-refractivity contribution in [2.45, 2.75) is 39.0 Å². The lowest BCUT2D eigenvalue weighted by molar-refractivity contribution is -0.121. The predicted octanol–water partition coefficient (Wildman–Crippen LogP) is 4.15. The molecule has 0 saturated heterocycles. The Bertz CT molecular complexity index is 686. The van der Waals surface area contributed by atoms with Crippen LogP contribution in [-0.2, 0) is 11.2 Å². The summed E-state index contributed by atoms with van der Waals surface area (Å²) < 4.78 is 0. The van der Waals surface area contributed by atoms with Crippen molar-refractivity contribution in [3.63, 3.8) is 0 Å². The fraction of sp³-hybridized carbons (Fsp3) is 0.300. The van der Waals surface area contributed by atoms with Gasteiger partial charge in [0.05, 0.1) is 0 Å². The van der Waals surface area contributed by atoms with Crippen LogP contribution in [0.4, 0.5) is 5.69 Å². The maximum absolute atomic E-state index is 11.9. The van der Waals surface area contributed by atoms with Crippen molar-refractivity contribution in [1.82, 2.24) is 10.9 Å². The second-order valence-corrected chi connectivity index (χ2v) is 6.45. The fourth-order valence-electron chi connectivity index (χ4n) is 2.38. The molecular formula is C20H25N3OS. The van der Waals surface area contributed by atoms with Gasteiger partial charge >= 0.3 is 0 Å².